The summed E-state index contributed by atoms with van der Waals surface area (Å²) in [4.78, 5) is 38.8. The molecule has 0 bridgehead atoms. The van der Waals surface area contributed by atoms with Gasteiger partial charge in [0.2, 0.25) is 5.91 Å². The van der Waals surface area contributed by atoms with Crippen LogP contribution < -0.4 is 10.9 Å². The van der Waals surface area contributed by atoms with Crippen LogP contribution in [-0.4, -0.2) is 33.5 Å². The van der Waals surface area contributed by atoms with Crippen molar-refractivity contribution in [2.75, 3.05) is 6.54 Å². The second kappa shape index (κ2) is 11.8. The van der Waals surface area contributed by atoms with E-state index in [1.54, 1.807) is 29.2 Å². The predicted molar refractivity (Wildman–Crippen MR) is 132 cm³/mol. The summed E-state index contributed by atoms with van der Waals surface area (Å²) in [6, 6.07) is 16.2. The fraction of sp³-hybridized carbons (Fsp3) is 0.217. The van der Waals surface area contributed by atoms with E-state index >= 15 is 0 Å². The number of hydrogen-bond donors (Lipinski definition) is 2. The van der Waals surface area contributed by atoms with Gasteiger partial charge in [-0.1, -0.05) is 84.5 Å². The van der Waals surface area contributed by atoms with Crippen LogP contribution in [0.4, 0.5) is 0 Å². The van der Waals surface area contributed by atoms with Crippen LogP contribution in [-0.2, 0) is 9.59 Å². The van der Waals surface area contributed by atoms with E-state index in [-0.39, 0.29) is 18.2 Å². The Balaban J connectivity index is 1.35. The Bertz CT molecular complexity index is 1040. The molecular weight excluding hydrogens is 466 g/mol. The molecule has 3 amide bonds. The van der Waals surface area contributed by atoms with Crippen molar-refractivity contribution in [3.8, 4) is 0 Å². The molecule has 32 heavy (non-hydrogen) atoms. The van der Waals surface area contributed by atoms with Gasteiger partial charge in [0.15, 0.2) is 0 Å². The molecule has 1 aliphatic rings. The maximum absolute atomic E-state index is 12.6. The highest BCUT2D eigenvalue weighted by Gasteiger charge is 2.31. The third-order valence-corrected chi connectivity index (χ3v) is 6.40. The number of rotatable bonds is 8. The lowest BCUT2D eigenvalue weighted by Crippen LogP contribution is -2.41. The number of thioether (sulfide) groups is 1. The third-order valence-electron chi connectivity index (χ3n) is 4.69. The van der Waals surface area contributed by atoms with Crippen molar-refractivity contribution in [1.82, 2.24) is 15.8 Å². The fourth-order valence-electron chi connectivity index (χ4n) is 3.03. The van der Waals surface area contributed by atoms with E-state index in [2.05, 4.69) is 10.9 Å². The summed E-state index contributed by atoms with van der Waals surface area (Å²) < 4.78 is 0.553. The summed E-state index contributed by atoms with van der Waals surface area (Å²) in [6.07, 6.45) is 4.21. The second-order valence-corrected chi connectivity index (χ2v) is 9.12. The summed E-state index contributed by atoms with van der Waals surface area (Å²) >= 11 is 12.6. The number of amides is 3. The highest BCUT2D eigenvalue weighted by Crippen LogP contribution is 2.32. The zero-order valence-electron chi connectivity index (χ0n) is 17.2. The van der Waals surface area contributed by atoms with Gasteiger partial charge in [0.25, 0.3) is 11.8 Å². The first kappa shape index (κ1) is 24.0. The van der Waals surface area contributed by atoms with Gasteiger partial charge in [-0.05, 0) is 36.6 Å². The quantitative estimate of drug-likeness (QED) is 0.247. The molecule has 2 N–H and O–H groups in total. The number of nitrogens with one attached hydrogen (secondary N) is 2. The van der Waals surface area contributed by atoms with Gasteiger partial charge in [0, 0.05) is 13.0 Å². The zero-order chi connectivity index (χ0) is 22.9. The molecule has 2 aromatic carbocycles. The lowest BCUT2D eigenvalue weighted by molar-refractivity contribution is -0.123. The molecule has 2 aromatic rings. The highest BCUT2D eigenvalue weighted by molar-refractivity contribution is 8.26. The Morgan fingerprint density at radius 3 is 2.47 bits per heavy atom. The first-order chi connectivity index (χ1) is 15.5. The van der Waals surface area contributed by atoms with E-state index in [0.29, 0.717) is 32.8 Å². The van der Waals surface area contributed by atoms with Crippen molar-refractivity contribution in [3.63, 3.8) is 0 Å². The summed E-state index contributed by atoms with van der Waals surface area (Å²) in [6.45, 7) is 0.516. The molecule has 0 spiro atoms. The molecule has 166 valence electrons. The molecule has 1 aliphatic heterocycles. The molecule has 9 heteroatoms. The normalized spacial score (nSPS) is 14.7. The summed E-state index contributed by atoms with van der Waals surface area (Å²) in [5.74, 6) is -0.840. The Kier molecular flexibility index (Phi) is 8.84. The van der Waals surface area contributed by atoms with Crippen molar-refractivity contribution >= 4 is 63.7 Å². The standard InChI is InChI=1S/C23H22ClN3O3S2/c24-18-12-7-6-11-17(18)21(29)26-25-20(28)13-5-2-8-14-27-22(30)19(32-23(27)31)15-16-9-3-1-4-10-16/h1,3-4,6-7,9-12,15H,2,5,8,13-14H2,(H,25,28)(H,26,29). The fourth-order valence-corrected chi connectivity index (χ4v) is 4.56. The van der Waals surface area contributed by atoms with Crippen molar-refractivity contribution in [2.24, 2.45) is 0 Å². The molecule has 0 aliphatic carbocycles. The van der Waals surface area contributed by atoms with Gasteiger partial charge in [0.05, 0.1) is 15.5 Å². The first-order valence-corrected chi connectivity index (χ1v) is 11.7. The van der Waals surface area contributed by atoms with Crippen LogP contribution in [0.3, 0.4) is 0 Å². The smallest absolute Gasteiger partial charge is 0.271 e. The van der Waals surface area contributed by atoms with Crippen LogP contribution in [0.5, 0.6) is 0 Å². The van der Waals surface area contributed by atoms with Crippen LogP contribution in [0.2, 0.25) is 5.02 Å². The molecule has 0 radical (unpaired) electrons. The first-order valence-electron chi connectivity index (χ1n) is 10.1. The van der Waals surface area contributed by atoms with E-state index < -0.39 is 5.91 Å². The average Bonchev–Trinajstić information content (AvgIpc) is 3.05. The summed E-state index contributed by atoms with van der Waals surface area (Å²) in [7, 11) is 0. The molecule has 6 nitrogen and oxygen atoms in total. The number of unbranched alkanes of at least 4 members (excludes halogenated alkanes) is 2. The zero-order valence-corrected chi connectivity index (χ0v) is 19.6. The van der Waals surface area contributed by atoms with Gasteiger partial charge < -0.3 is 0 Å². The van der Waals surface area contributed by atoms with Gasteiger partial charge in [-0.3, -0.25) is 30.1 Å². The monoisotopic (exact) mass is 487 g/mol. The Hall–Kier alpha value is -2.68. The second-order valence-electron chi connectivity index (χ2n) is 7.04. The number of carbonyl (C=O) groups is 3. The third kappa shape index (κ3) is 6.66. The van der Waals surface area contributed by atoms with Crippen LogP contribution in [0.15, 0.2) is 59.5 Å². The molecule has 3 rings (SSSR count). The molecular formula is C23H22ClN3O3S2. The Labute approximate surface area is 201 Å². The molecule has 1 saturated heterocycles. The van der Waals surface area contributed by atoms with Gasteiger partial charge in [-0.2, -0.15) is 0 Å². The van der Waals surface area contributed by atoms with Crippen LogP contribution in [0.1, 0.15) is 41.6 Å². The van der Waals surface area contributed by atoms with Crippen LogP contribution in [0.25, 0.3) is 6.08 Å². The Morgan fingerprint density at radius 1 is 1.00 bits per heavy atom. The Morgan fingerprint density at radius 2 is 1.72 bits per heavy atom. The van der Waals surface area contributed by atoms with E-state index in [9.17, 15) is 14.4 Å². The number of benzene rings is 2. The molecule has 1 fully saturated rings. The van der Waals surface area contributed by atoms with Gasteiger partial charge in [-0.15, -0.1) is 0 Å². The van der Waals surface area contributed by atoms with E-state index in [0.717, 1.165) is 18.4 Å². The molecule has 0 unspecified atom stereocenters. The number of thiocarbonyl (C=S) groups is 1. The van der Waals surface area contributed by atoms with Crippen molar-refractivity contribution < 1.29 is 14.4 Å². The molecule has 0 atom stereocenters. The van der Waals surface area contributed by atoms with E-state index in [1.165, 1.54) is 11.8 Å². The molecule has 0 aromatic heterocycles. The van der Waals surface area contributed by atoms with Gasteiger partial charge in [-0.25, -0.2) is 0 Å². The lowest BCUT2D eigenvalue weighted by Gasteiger charge is -2.14. The topological polar surface area (TPSA) is 78.5 Å². The predicted octanol–water partition coefficient (Wildman–Crippen LogP) is 4.56. The van der Waals surface area contributed by atoms with Crippen molar-refractivity contribution in [2.45, 2.75) is 25.7 Å². The van der Waals surface area contributed by atoms with E-state index in [4.69, 9.17) is 23.8 Å². The average molecular weight is 488 g/mol. The largest absolute Gasteiger partial charge is 0.293 e. The summed E-state index contributed by atoms with van der Waals surface area (Å²) in [5.41, 5.74) is 6.00. The minimum atomic E-state index is -0.470. The minimum absolute atomic E-state index is 0.0797. The highest BCUT2D eigenvalue weighted by atomic mass is 35.5. The number of hydrogen-bond acceptors (Lipinski definition) is 5. The number of nitrogens with zero attached hydrogens (tertiary/aromatic N) is 1. The number of carbonyl (C=O) groups excluding carboxylic acids is 3. The number of halogens is 1. The van der Waals surface area contributed by atoms with Crippen LogP contribution in [0, 0.1) is 0 Å². The van der Waals surface area contributed by atoms with Crippen molar-refractivity contribution in [1.29, 1.82) is 0 Å². The lowest BCUT2D eigenvalue weighted by atomic mass is 10.2. The molecule has 0 saturated carbocycles. The maximum Gasteiger partial charge on any atom is 0.271 e. The summed E-state index contributed by atoms with van der Waals surface area (Å²) in [5, 5.41) is 0.313. The van der Waals surface area contributed by atoms with E-state index in [1.807, 2.05) is 36.4 Å². The molecule has 1 heterocycles. The van der Waals surface area contributed by atoms with Gasteiger partial charge >= 0.3 is 0 Å². The van der Waals surface area contributed by atoms with Gasteiger partial charge in [0.1, 0.15) is 4.32 Å². The minimum Gasteiger partial charge on any atom is -0.293 e. The van der Waals surface area contributed by atoms with Crippen molar-refractivity contribution in [3.05, 3.63) is 75.7 Å². The number of hydrazine groups is 1. The SMILES string of the molecule is O=C(CCCCCN1C(=O)C(=Cc2ccccc2)SC1=S)NNC(=O)c1ccccc1Cl. The van der Waals surface area contributed by atoms with Crippen LogP contribution >= 0.6 is 35.6 Å². The maximum atomic E-state index is 12.6.